The van der Waals surface area contributed by atoms with Crippen molar-refractivity contribution in [2.45, 2.75) is 52.7 Å². The van der Waals surface area contributed by atoms with Gasteiger partial charge in [-0.2, -0.15) is 11.8 Å². The fourth-order valence-electron chi connectivity index (χ4n) is 1.11. The molecule has 0 unspecified atom stereocenters. The zero-order valence-electron chi connectivity index (χ0n) is 10.8. The maximum Gasteiger partial charge on any atom is 0.303 e. The normalized spacial score (nSPS) is 12.8. The Hall–Kier alpha value is -0.220. The molecule has 0 heterocycles. The lowest BCUT2D eigenvalue weighted by atomic mass is 10.4. The molecular weight excluding hydrogens is 224 g/mol. The highest BCUT2D eigenvalue weighted by Gasteiger charge is 2.13. The van der Waals surface area contributed by atoms with E-state index >= 15 is 0 Å². The first kappa shape index (κ1) is 15.8. The molecule has 0 aromatic carbocycles. The summed E-state index contributed by atoms with van der Waals surface area (Å²) < 4.78 is 10.7. The van der Waals surface area contributed by atoms with E-state index < -0.39 is 0 Å². The molecule has 96 valence electrons. The molecule has 0 saturated carbocycles. The summed E-state index contributed by atoms with van der Waals surface area (Å²) in [6, 6.07) is 0. The second-order valence-electron chi connectivity index (χ2n) is 4.04. The van der Waals surface area contributed by atoms with Crippen molar-refractivity contribution in [3.05, 3.63) is 0 Å². The quantitative estimate of drug-likeness (QED) is 0.464. The Balaban J connectivity index is 3.76. The van der Waals surface area contributed by atoms with Crippen molar-refractivity contribution >= 4 is 17.7 Å². The average Bonchev–Trinajstić information content (AvgIpc) is 2.19. The van der Waals surface area contributed by atoms with Crippen molar-refractivity contribution in [3.8, 4) is 0 Å². The third kappa shape index (κ3) is 10.3. The topological polar surface area (TPSA) is 35.5 Å². The first-order valence-electron chi connectivity index (χ1n) is 5.92. The van der Waals surface area contributed by atoms with Crippen LogP contribution in [0.4, 0.5) is 0 Å². The second kappa shape index (κ2) is 9.97. The number of carbonyl (C=O) groups is 1. The number of hydrogen-bond acceptors (Lipinski definition) is 4. The van der Waals surface area contributed by atoms with Gasteiger partial charge in [0.05, 0.1) is 12.7 Å². The summed E-state index contributed by atoms with van der Waals surface area (Å²) in [5.41, 5.74) is 0. The second-order valence-corrected chi connectivity index (χ2v) is 5.19. The summed E-state index contributed by atoms with van der Waals surface area (Å²) >= 11 is 1.82. The monoisotopic (exact) mass is 248 g/mol. The molecule has 0 aromatic heterocycles. The maximum atomic E-state index is 10.9. The Labute approximate surface area is 103 Å². The van der Waals surface area contributed by atoms with Crippen molar-refractivity contribution in [2.24, 2.45) is 0 Å². The molecule has 0 bridgehead atoms. The number of rotatable bonds is 9. The highest BCUT2D eigenvalue weighted by atomic mass is 32.2. The van der Waals surface area contributed by atoms with Crippen LogP contribution in [-0.2, 0) is 14.3 Å². The van der Waals surface area contributed by atoms with E-state index in [2.05, 4.69) is 6.92 Å². The van der Waals surface area contributed by atoms with E-state index in [0.29, 0.717) is 6.61 Å². The third-order valence-electron chi connectivity index (χ3n) is 1.89. The van der Waals surface area contributed by atoms with Gasteiger partial charge in [0, 0.05) is 12.7 Å². The molecule has 0 rings (SSSR count). The Bertz CT molecular complexity index is 183. The van der Waals surface area contributed by atoms with Gasteiger partial charge in [0.25, 0.3) is 0 Å². The van der Waals surface area contributed by atoms with E-state index in [9.17, 15) is 4.79 Å². The van der Waals surface area contributed by atoms with Gasteiger partial charge in [-0.1, -0.05) is 13.3 Å². The van der Waals surface area contributed by atoms with Gasteiger partial charge in [-0.05, 0) is 26.0 Å². The van der Waals surface area contributed by atoms with Crippen LogP contribution in [0.1, 0.15) is 40.5 Å². The number of unbranched alkanes of at least 4 members (excludes halogenated alkanes) is 1. The van der Waals surface area contributed by atoms with E-state index in [0.717, 1.165) is 11.5 Å². The molecule has 1 atom stereocenters. The molecule has 0 aromatic rings. The molecular formula is C12H24O3S. The van der Waals surface area contributed by atoms with Gasteiger partial charge in [0.15, 0.2) is 0 Å². The van der Waals surface area contributed by atoms with E-state index in [1.807, 2.05) is 25.6 Å². The molecule has 4 heteroatoms. The van der Waals surface area contributed by atoms with E-state index in [1.54, 1.807) is 0 Å². The predicted octanol–water partition coefficient (Wildman–Crippen LogP) is 2.88. The first-order valence-corrected chi connectivity index (χ1v) is 7.08. The molecule has 0 spiro atoms. The lowest BCUT2D eigenvalue weighted by Gasteiger charge is -2.18. The smallest absolute Gasteiger partial charge is 0.303 e. The van der Waals surface area contributed by atoms with Gasteiger partial charge in [0.2, 0.25) is 0 Å². The maximum absolute atomic E-state index is 10.9. The molecule has 0 aliphatic carbocycles. The van der Waals surface area contributed by atoms with Crippen LogP contribution < -0.4 is 0 Å². The molecule has 0 aliphatic rings. The fraction of sp³-hybridized carbons (Fsp3) is 0.917. The number of thioether (sulfide) groups is 1. The highest BCUT2D eigenvalue weighted by molar-refractivity contribution is 7.99. The summed E-state index contributed by atoms with van der Waals surface area (Å²) in [5.74, 6) is 1.72. The van der Waals surface area contributed by atoms with Crippen LogP contribution in [0.25, 0.3) is 0 Å². The molecule has 0 amide bonds. The zero-order chi connectivity index (χ0) is 12.4. The van der Waals surface area contributed by atoms with Gasteiger partial charge in [-0.15, -0.1) is 0 Å². The van der Waals surface area contributed by atoms with Crippen molar-refractivity contribution in [3.63, 3.8) is 0 Å². The lowest BCUT2D eigenvalue weighted by Crippen LogP contribution is -2.26. The van der Waals surface area contributed by atoms with Gasteiger partial charge in [-0.25, -0.2) is 0 Å². The van der Waals surface area contributed by atoms with Crippen LogP contribution in [0, 0.1) is 0 Å². The van der Waals surface area contributed by atoms with Crippen LogP contribution in [0.5, 0.6) is 0 Å². The molecule has 16 heavy (non-hydrogen) atoms. The molecule has 0 radical (unpaired) electrons. The summed E-state index contributed by atoms with van der Waals surface area (Å²) in [6.07, 6.45) is 2.48. The van der Waals surface area contributed by atoms with Crippen LogP contribution in [0.2, 0.25) is 0 Å². The minimum absolute atomic E-state index is 0.109. The van der Waals surface area contributed by atoms with Gasteiger partial charge in [-0.3, -0.25) is 4.79 Å². The molecule has 0 aliphatic heterocycles. The van der Waals surface area contributed by atoms with Crippen LogP contribution in [-0.4, -0.2) is 36.3 Å². The molecule has 0 saturated heterocycles. The standard InChI is InChI=1S/C12H24O3S/c1-5-6-7-16-9-12(15-11(4)13)8-14-10(2)3/h10,12H,5-9H2,1-4H3/t12-/m1/s1. The fourth-order valence-corrected chi connectivity index (χ4v) is 2.20. The van der Waals surface area contributed by atoms with Gasteiger partial charge >= 0.3 is 5.97 Å². The predicted molar refractivity (Wildman–Crippen MR) is 68.9 cm³/mol. The average molecular weight is 248 g/mol. The highest BCUT2D eigenvalue weighted by Crippen LogP contribution is 2.10. The van der Waals surface area contributed by atoms with Crippen molar-refractivity contribution in [1.82, 2.24) is 0 Å². The zero-order valence-corrected chi connectivity index (χ0v) is 11.6. The number of ether oxygens (including phenoxy) is 2. The Morgan fingerprint density at radius 2 is 2.06 bits per heavy atom. The Morgan fingerprint density at radius 1 is 1.38 bits per heavy atom. The third-order valence-corrected chi connectivity index (χ3v) is 3.08. The van der Waals surface area contributed by atoms with Gasteiger partial charge in [0.1, 0.15) is 6.10 Å². The Morgan fingerprint density at radius 3 is 2.56 bits per heavy atom. The van der Waals surface area contributed by atoms with Crippen molar-refractivity contribution in [1.29, 1.82) is 0 Å². The SMILES string of the molecule is CCCCSC[C@@H](COC(C)C)OC(C)=O. The van der Waals surface area contributed by atoms with E-state index in [1.165, 1.54) is 19.8 Å². The lowest BCUT2D eigenvalue weighted by molar-refractivity contribution is -0.148. The largest absolute Gasteiger partial charge is 0.459 e. The van der Waals surface area contributed by atoms with Crippen molar-refractivity contribution < 1.29 is 14.3 Å². The molecule has 0 N–H and O–H groups in total. The molecule has 3 nitrogen and oxygen atoms in total. The number of esters is 1. The number of carbonyl (C=O) groups excluding carboxylic acids is 1. The van der Waals surface area contributed by atoms with E-state index in [4.69, 9.17) is 9.47 Å². The summed E-state index contributed by atoms with van der Waals surface area (Å²) in [7, 11) is 0. The van der Waals surface area contributed by atoms with Crippen LogP contribution in [0.3, 0.4) is 0 Å². The Kier molecular flexibility index (Phi) is 9.83. The van der Waals surface area contributed by atoms with E-state index in [-0.39, 0.29) is 18.2 Å². The first-order chi connectivity index (χ1) is 7.56. The summed E-state index contributed by atoms with van der Waals surface area (Å²) in [5, 5.41) is 0. The van der Waals surface area contributed by atoms with Crippen LogP contribution in [0.15, 0.2) is 0 Å². The van der Waals surface area contributed by atoms with Crippen LogP contribution >= 0.6 is 11.8 Å². The minimum Gasteiger partial charge on any atom is -0.459 e. The number of hydrogen-bond donors (Lipinski definition) is 0. The molecule has 0 fully saturated rings. The summed E-state index contributed by atoms with van der Waals surface area (Å²) in [4.78, 5) is 10.9. The summed E-state index contributed by atoms with van der Waals surface area (Å²) in [6.45, 7) is 8.07. The van der Waals surface area contributed by atoms with Gasteiger partial charge < -0.3 is 9.47 Å². The minimum atomic E-state index is -0.228. The van der Waals surface area contributed by atoms with Crippen molar-refractivity contribution in [2.75, 3.05) is 18.1 Å².